The molecule has 0 fully saturated rings. The number of aromatic nitrogens is 4. The van der Waals surface area contributed by atoms with Gasteiger partial charge in [0.1, 0.15) is 5.82 Å². The highest BCUT2D eigenvalue weighted by molar-refractivity contribution is 5.84. The smallest absolute Gasteiger partial charge is 0.216 e. The number of benzene rings is 1. The number of aromatic amines is 2. The van der Waals surface area contributed by atoms with Crippen molar-refractivity contribution in [2.45, 2.75) is 19.9 Å². The van der Waals surface area contributed by atoms with Crippen molar-refractivity contribution in [1.82, 2.24) is 30.8 Å². The predicted molar refractivity (Wildman–Crippen MR) is 109 cm³/mol. The van der Waals surface area contributed by atoms with E-state index in [1.807, 2.05) is 12.1 Å². The van der Waals surface area contributed by atoms with E-state index in [1.54, 1.807) is 13.3 Å². The molecule has 3 heterocycles. The number of rotatable bonds is 6. The number of H-pyrrole nitrogens is 2. The maximum absolute atomic E-state index is 5.30. The van der Waals surface area contributed by atoms with Gasteiger partial charge in [0.05, 0.1) is 12.8 Å². The SMILES string of the molecule is CN=C(NCCc1c[nH]c2cc(C)ccc12)NCc1nc(-c2ccco2)n[nH]1. The van der Waals surface area contributed by atoms with E-state index in [-0.39, 0.29) is 0 Å². The molecule has 8 nitrogen and oxygen atoms in total. The van der Waals surface area contributed by atoms with Gasteiger partial charge in [-0.1, -0.05) is 12.1 Å². The van der Waals surface area contributed by atoms with E-state index in [0.717, 1.165) is 13.0 Å². The molecule has 0 spiro atoms. The van der Waals surface area contributed by atoms with Crippen LogP contribution in [0.25, 0.3) is 22.5 Å². The maximum atomic E-state index is 5.30. The molecule has 0 aliphatic carbocycles. The monoisotopic (exact) mass is 377 g/mol. The second kappa shape index (κ2) is 7.99. The van der Waals surface area contributed by atoms with Crippen LogP contribution in [0.3, 0.4) is 0 Å². The number of aryl methyl sites for hydroxylation is 1. The third-order valence-electron chi connectivity index (χ3n) is 4.53. The molecule has 0 radical (unpaired) electrons. The predicted octanol–water partition coefficient (Wildman–Crippen LogP) is 2.76. The highest BCUT2D eigenvalue weighted by Gasteiger charge is 2.09. The molecular weight excluding hydrogens is 354 g/mol. The summed E-state index contributed by atoms with van der Waals surface area (Å²) in [5, 5.41) is 14.9. The summed E-state index contributed by atoms with van der Waals surface area (Å²) in [5.41, 5.74) is 3.72. The number of hydrogen-bond acceptors (Lipinski definition) is 4. The first-order valence-corrected chi connectivity index (χ1v) is 9.19. The molecule has 1 aromatic carbocycles. The minimum atomic E-state index is 0.486. The molecule has 3 aromatic heterocycles. The van der Waals surface area contributed by atoms with E-state index in [4.69, 9.17) is 4.42 Å². The van der Waals surface area contributed by atoms with Gasteiger partial charge in [0, 0.05) is 30.7 Å². The first kappa shape index (κ1) is 17.8. The fourth-order valence-electron chi connectivity index (χ4n) is 3.10. The van der Waals surface area contributed by atoms with Gasteiger partial charge in [-0.2, -0.15) is 0 Å². The zero-order valence-electron chi connectivity index (χ0n) is 15.9. The Morgan fingerprint density at radius 2 is 2.18 bits per heavy atom. The van der Waals surface area contributed by atoms with Crippen molar-refractivity contribution >= 4 is 16.9 Å². The van der Waals surface area contributed by atoms with Gasteiger partial charge in [0.2, 0.25) is 5.82 Å². The number of aliphatic imine (C=N–C) groups is 1. The summed E-state index contributed by atoms with van der Waals surface area (Å²) in [5.74, 6) is 2.60. The molecule has 8 heteroatoms. The van der Waals surface area contributed by atoms with Crippen molar-refractivity contribution in [1.29, 1.82) is 0 Å². The second-order valence-electron chi connectivity index (χ2n) is 6.55. The summed E-state index contributed by atoms with van der Waals surface area (Å²) < 4.78 is 5.30. The lowest BCUT2D eigenvalue weighted by atomic mass is 10.1. The number of guanidine groups is 1. The van der Waals surface area contributed by atoms with Crippen LogP contribution < -0.4 is 10.6 Å². The van der Waals surface area contributed by atoms with Crippen LogP contribution in [0.1, 0.15) is 17.0 Å². The molecule has 0 bridgehead atoms. The molecular formula is C20H23N7O. The van der Waals surface area contributed by atoms with Crippen LogP contribution in [-0.2, 0) is 13.0 Å². The standard InChI is InChI=1S/C20H23N7O/c1-13-5-6-15-14(11-23-16(15)10-13)7-8-22-20(21-2)24-12-18-25-19(27-26-18)17-4-3-9-28-17/h3-6,9-11,23H,7-8,12H2,1-2H3,(H2,21,22,24)(H,25,26,27). The second-order valence-corrected chi connectivity index (χ2v) is 6.55. The molecule has 4 aromatic rings. The van der Waals surface area contributed by atoms with Crippen LogP contribution in [0.5, 0.6) is 0 Å². The number of fused-ring (bicyclic) bond motifs is 1. The Morgan fingerprint density at radius 1 is 1.25 bits per heavy atom. The largest absolute Gasteiger partial charge is 0.461 e. The molecule has 0 atom stereocenters. The summed E-state index contributed by atoms with van der Waals surface area (Å²) in [6.45, 7) is 3.36. The Labute approximate surface area is 162 Å². The van der Waals surface area contributed by atoms with Gasteiger partial charge in [0.25, 0.3) is 0 Å². The first-order valence-electron chi connectivity index (χ1n) is 9.19. The normalized spacial score (nSPS) is 11.9. The van der Waals surface area contributed by atoms with Gasteiger partial charge in [-0.25, -0.2) is 4.98 Å². The highest BCUT2D eigenvalue weighted by atomic mass is 16.3. The van der Waals surface area contributed by atoms with E-state index in [1.165, 1.54) is 22.0 Å². The molecule has 28 heavy (non-hydrogen) atoms. The molecule has 0 unspecified atom stereocenters. The fourth-order valence-corrected chi connectivity index (χ4v) is 3.10. The molecule has 0 aliphatic heterocycles. The van der Waals surface area contributed by atoms with Crippen LogP contribution in [0.15, 0.2) is 52.2 Å². The van der Waals surface area contributed by atoms with Crippen LogP contribution in [0.2, 0.25) is 0 Å². The summed E-state index contributed by atoms with van der Waals surface area (Å²) in [6, 6.07) is 10.1. The van der Waals surface area contributed by atoms with Crippen molar-refractivity contribution in [3.63, 3.8) is 0 Å². The van der Waals surface area contributed by atoms with Crippen LogP contribution in [0, 0.1) is 6.92 Å². The van der Waals surface area contributed by atoms with Crippen molar-refractivity contribution in [2.24, 2.45) is 4.99 Å². The van der Waals surface area contributed by atoms with Crippen LogP contribution in [0.4, 0.5) is 0 Å². The third kappa shape index (κ3) is 3.90. The van der Waals surface area contributed by atoms with Crippen LogP contribution >= 0.6 is 0 Å². The number of nitrogens with one attached hydrogen (secondary N) is 4. The number of hydrogen-bond donors (Lipinski definition) is 4. The molecule has 4 rings (SSSR count). The van der Waals surface area contributed by atoms with Crippen molar-refractivity contribution < 1.29 is 4.42 Å². The lowest BCUT2D eigenvalue weighted by Crippen LogP contribution is -2.38. The maximum Gasteiger partial charge on any atom is 0.216 e. The van der Waals surface area contributed by atoms with Gasteiger partial charge in [-0.15, -0.1) is 5.10 Å². The Balaban J connectivity index is 1.29. The summed E-state index contributed by atoms with van der Waals surface area (Å²) in [4.78, 5) is 12.0. The van der Waals surface area contributed by atoms with Crippen molar-refractivity contribution in [3.05, 3.63) is 59.7 Å². The molecule has 144 valence electrons. The topological polar surface area (TPSA) is 107 Å². The zero-order valence-corrected chi connectivity index (χ0v) is 15.9. The minimum absolute atomic E-state index is 0.486. The van der Waals surface area contributed by atoms with Crippen molar-refractivity contribution in [3.8, 4) is 11.6 Å². The van der Waals surface area contributed by atoms with Gasteiger partial charge in [-0.3, -0.25) is 10.1 Å². The lowest BCUT2D eigenvalue weighted by Gasteiger charge is -2.10. The Hall–Kier alpha value is -3.55. The van der Waals surface area contributed by atoms with Gasteiger partial charge < -0.3 is 20.0 Å². The highest BCUT2D eigenvalue weighted by Crippen LogP contribution is 2.19. The molecule has 0 aliphatic rings. The van der Waals surface area contributed by atoms with E-state index >= 15 is 0 Å². The third-order valence-corrected chi connectivity index (χ3v) is 4.53. The Morgan fingerprint density at radius 3 is 3.00 bits per heavy atom. The van der Waals surface area contributed by atoms with Gasteiger partial charge >= 0.3 is 0 Å². The zero-order chi connectivity index (χ0) is 19.3. The number of furan rings is 1. The van der Waals surface area contributed by atoms with E-state index < -0.39 is 0 Å². The van der Waals surface area contributed by atoms with Gasteiger partial charge in [-0.05, 0) is 42.7 Å². The fraction of sp³-hybridized carbons (Fsp3) is 0.250. The minimum Gasteiger partial charge on any atom is -0.461 e. The summed E-state index contributed by atoms with van der Waals surface area (Å²) in [6.07, 6.45) is 4.58. The molecule has 0 saturated carbocycles. The molecule has 0 amide bonds. The average molecular weight is 377 g/mol. The first-order chi connectivity index (χ1) is 13.7. The Bertz CT molecular complexity index is 1080. The quantitative estimate of drug-likeness (QED) is 0.305. The van der Waals surface area contributed by atoms with E-state index in [9.17, 15) is 0 Å². The lowest BCUT2D eigenvalue weighted by molar-refractivity contribution is 0.577. The van der Waals surface area contributed by atoms with Crippen molar-refractivity contribution in [2.75, 3.05) is 13.6 Å². The van der Waals surface area contributed by atoms with Gasteiger partial charge in [0.15, 0.2) is 11.7 Å². The molecule has 4 N–H and O–H groups in total. The van der Waals surface area contributed by atoms with E-state index in [2.05, 4.69) is 67.1 Å². The Kier molecular flexibility index (Phi) is 5.09. The summed E-state index contributed by atoms with van der Waals surface area (Å²) in [7, 11) is 1.75. The summed E-state index contributed by atoms with van der Waals surface area (Å²) >= 11 is 0. The number of nitrogens with zero attached hydrogens (tertiary/aromatic N) is 3. The molecule has 0 saturated heterocycles. The average Bonchev–Trinajstić information content (AvgIpc) is 3.44. The van der Waals surface area contributed by atoms with Crippen LogP contribution in [-0.4, -0.2) is 39.7 Å². The van der Waals surface area contributed by atoms with E-state index in [0.29, 0.717) is 29.9 Å².